The molecule has 0 bridgehead atoms. The molecule has 0 aliphatic carbocycles. The van der Waals surface area contributed by atoms with Gasteiger partial charge in [0.25, 0.3) is 0 Å². The quantitative estimate of drug-likeness (QED) is 0.728. The molecule has 0 aliphatic heterocycles. The van der Waals surface area contributed by atoms with Crippen LogP contribution in [0.4, 0.5) is 0 Å². The first kappa shape index (κ1) is 16.3. The van der Waals surface area contributed by atoms with Gasteiger partial charge in [0.15, 0.2) is 0 Å². The van der Waals surface area contributed by atoms with Crippen LogP contribution >= 0.6 is 22.7 Å². The van der Waals surface area contributed by atoms with Gasteiger partial charge in [-0.05, 0) is 36.9 Å². The van der Waals surface area contributed by atoms with E-state index in [0.717, 1.165) is 21.1 Å². The lowest BCUT2D eigenvalue weighted by Crippen LogP contribution is -2.25. The molecular formula is C15H15N3O2S3. The van der Waals surface area contributed by atoms with Crippen molar-refractivity contribution in [1.29, 1.82) is 0 Å². The van der Waals surface area contributed by atoms with E-state index in [0.29, 0.717) is 17.2 Å². The average molecular weight is 366 g/mol. The molecule has 0 aromatic carbocycles. The second-order valence-electron chi connectivity index (χ2n) is 4.84. The zero-order valence-electron chi connectivity index (χ0n) is 12.4. The molecule has 120 valence electrons. The van der Waals surface area contributed by atoms with Crippen molar-refractivity contribution in [3.8, 4) is 10.6 Å². The summed E-state index contributed by atoms with van der Waals surface area (Å²) < 4.78 is 27.1. The zero-order valence-corrected chi connectivity index (χ0v) is 14.8. The Kier molecular flexibility index (Phi) is 4.86. The van der Waals surface area contributed by atoms with Gasteiger partial charge in [0.1, 0.15) is 9.22 Å². The Labute approximate surface area is 143 Å². The zero-order chi connectivity index (χ0) is 16.3. The topological polar surface area (TPSA) is 72.0 Å². The number of aryl methyl sites for hydroxylation is 1. The van der Waals surface area contributed by atoms with Gasteiger partial charge in [0.2, 0.25) is 10.0 Å². The number of nitrogens with one attached hydrogen (secondary N) is 1. The molecule has 3 aromatic heterocycles. The smallest absolute Gasteiger partial charge is 0.250 e. The van der Waals surface area contributed by atoms with Crippen molar-refractivity contribution in [2.24, 2.45) is 0 Å². The Morgan fingerprint density at radius 3 is 2.70 bits per heavy atom. The van der Waals surface area contributed by atoms with Crippen molar-refractivity contribution < 1.29 is 8.42 Å². The molecule has 1 N–H and O–H groups in total. The third-order valence-electron chi connectivity index (χ3n) is 3.22. The molecule has 3 rings (SSSR count). The molecule has 0 fully saturated rings. The molecule has 23 heavy (non-hydrogen) atoms. The molecule has 3 aromatic rings. The lowest BCUT2D eigenvalue weighted by Gasteiger charge is -2.03. The summed E-state index contributed by atoms with van der Waals surface area (Å²) in [5.41, 5.74) is 1.97. The van der Waals surface area contributed by atoms with E-state index in [1.807, 2.05) is 19.1 Å². The number of thiophene rings is 1. The van der Waals surface area contributed by atoms with Crippen molar-refractivity contribution in [3.05, 3.63) is 52.6 Å². The molecule has 8 heteroatoms. The Morgan fingerprint density at radius 1 is 1.22 bits per heavy atom. The van der Waals surface area contributed by atoms with Gasteiger partial charge in [-0.15, -0.1) is 22.7 Å². The average Bonchev–Trinajstić information content (AvgIpc) is 3.19. The second kappa shape index (κ2) is 6.88. The van der Waals surface area contributed by atoms with Crippen LogP contribution in [-0.4, -0.2) is 24.9 Å². The first-order valence-electron chi connectivity index (χ1n) is 6.96. The van der Waals surface area contributed by atoms with Crippen molar-refractivity contribution >= 4 is 32.7 Å². The van der Waals surface area contributed by atoms with E-state index in [9.17, 15) is 8.42 Å². The van der Waals surface area contributed by atoms with Gasteiger partial charge in [-0.3, -0.25) is 4.98 Å². The van der Waals surface area contributed by atoms with Crippen molar-refractivity contribution in [1.82, 2.24) is 14.7 Å². The molecule has 0 amide bonds. The first-order valence-corrected chi connectivity index (χ1v) is 10.1. The number of hydrogen-bond donors (Lipinski definition) is 1. The Morgan fingerprint density at radius 2 is 2.00 bits per heavy atom. The van der Waals surface area contributed by atoms with Crippen LogP contribution in [0.15, 0.2) is 46.2 Å². The van der Waals surface area contributed by atoms with Crippen LogP contribution in [0.2, 0.25) is 0 Å². The number of hydrogen-bond acceptors (Lipinski definition) is 6. The largest absolute Gasteiger partial charge is 0.265 e. The highest BCUT2D eigenvalue weighted by molar-refractivity contribution is 7.91. The van der Waals surface area contributed by atoms with Gasteiger partial charge < -0.3 is 0 Å². The minimum absolute atomic E-state index is 0.344. The van der Waals surface area contributed by atoms with Gasteiger partial charge in [0.05, 0.1) is 5.69 Å². The fourth-order valence-electron chi connectivity index (χ4n) is 2.06. The lowest BCUT2D eigenvalue weighted by molar-refractivity contribution is 0.584. The van der Waals surface area contributed by atoms with Gasteiger partial charge in [-0.1, -0.05) is 6.07 Å². The Hall–Kier alpha value is -1.61. The molecule has 0 atom stereocenters. The van der Waals surface area contributed by atoms with E-state index in [-0.39, 0.29) is 0 Å². The molecule has 0 saturated heterocycles. The first-order chi connectivity index (χ1) is 11.1. The summed E-state index contributed by atoms with van der Waals surface area (Å²) in [6, 6.07) is 7.17. The van der Waals surface area contributed by atoms with Crippen molar-refractivity contribution in [2.45, 2.75) is 17.6 Å². The number of thiazole rings is 1. The summed E-state index contributed by atoms with van der Waals surface area (Å²) in [5.74, 6) is 0. The van der Waals surface area contributed by atoms with Crippen LogP contribution in [0.25, 0.3) is 10.6 Å². The molecule has 0 unspecified atom stereocenters. The van der Waals surface area contributed by atoms with Crippen LogP contribution in [0.3, 0.4) is 0 Å². The van der Waals surface area contributed by atoms with Crippen molar-refractivity contribution in [2.75, 3.05) is 6.54 Å². The molecule has 0 spiro atoms. The Balaban J connectivity index is 1.67. The summed E-state index contributed by atoms with van der Waals surface area (Å²) in [7, 11) is -3.40. The number of pyridine rings is 1. The number of nitrogens with zero attached hydrogens (tertiary/aromatic N) is 2. The maximum atomic E-state index is 12.1. The highest BCUT2D eigenvalue weighted by atomic mass is 32.2. The number of sulfonamides is 1. The predicted octanol–water partition coefficient (Wildman–Crippen LogP) is 3.10. The van der Waals surface area contributed by atoms with E-state index in [4.69, 9.17) is 0 Å². The summed E-state index contributed by atoms with van der Waals surface area (Å²) in [5, 5.41) is 2.68. The van der Waals surface area contributed by atoms with Crippen LogP contribution in [0.5, 0.6) is 0 Å². The van der Waals surface area contributed by atoms with Crippen LogP contribution in [0, 0.1) is 6.92 Å². The maximum absolute atomic E-state index is 12.1. The fourth-order valence-corrected chi connectivity index (χ4v) is 5.20. The van der Waals surface area contributed by atoms with E-state index < -0.39 is 10.0 Å². The van der Waals surface area contributed by atoms with Crippen LogP contribution in [0.1, 0.15) is 10.6 Å². The normalized spacial score (nSPS) is 11.7. The summed E-state index contributed by atoms with van der Waals surface area (Å²) in [4.78, 5) is 9.65. The minimum atomic E-state index is -3.40. The van der Waals surface area contributed by atoms with E-state index in [2.05, 4.69) is 14.7 Å². The third-order valence-corrected chi connectivity index (χ3v) is 7.35. The lowest BCUT2D eigenvalue weighted by atomic mass is 10.3. The summed E-state index contributed by atoms with van der Waals surface area (Å²) in [6.07, 6.45) is 4.10. The SMILES string of the molecule is Cc1nc(-c2ccncc2)sc1CCNS(=O)(=O)c1cccs1. The molecule has 3 heterocycles. The molecule has 0 saturated carbocycles. The maximum Gasteiger partial charge on any atom is 0.250 e. The highest BCUT2D eigenvalue weighted by Crippen LogP contribution is 2.27. The third kappa shape index (κ3) is 3.84. The Bertz CT molecular complexity index is 872. The highest BCUT2D eigenvalue weighted by Gasteiger charge is 2.15. The van der Waals surface area contributed by atoms with Crippen LogP contribution < -0.4 is 4.72 Å². The summed E-state index contributed by atoms with van der Waals surface area (Å²) >= 11 is 2.80. The molecule has 0 radical (unpaired) electrons. The monoisotopic (exact) mass is 365 g/mol. The van der Waals surface area contributed by atoms with Gasteiger partial charge >= 0.3 is 0 Å². The predicted molar refractivity (Wildman–Crippen MR) is 93.3 cm³/mol. The molecule has 0 aliphatic rings. The molecular weight excluding hydrogens is 350 g/mol. The van der Waals surface area contributed by atoms with Crippen molar-refractivity contribution in [3.63, 3.8) is 0 Å². The van der Waals surface area contributed by atoms with Gasteiger partial charge in [0, 0.05) is 29.4 Å². The second-order valence-corrected chi connectivity index (χ2v) is 8.87. The fraction of sp³-hybridized carbons (Fsp3) is 0.200. The standard InChI is InChI=1S/C15H15N3O2S3/c1-11-13(22-15(18-11)12-4-7-16-8-5-12)6-9-17-23(19,20)14-3-2-10-21-14/h2-5,7-8,10,17H,6,9H2,1H3. The van der Waals surface area contributed by atoms with Crippen LogP contribution in [-0.2, 0) is 16.4 Å². The van der Waals surface area contributed by atoms with E-state index in [1.165, 1.54) is 11.3 Å². The van der Waals surface area contributed by atoms with Gasteiger partial charge in [-0.2, -0.15) is 0 Å². The number of rotatable bonds is 6. The summed E-state index contributed by atoms with van der Waals surface area (Å²) in [6.45, 7) is 2.31. The number of aromatic nitrogens is 2. The van der Waals surface area contributed by atoms with E-state index in [1.54, 1.807) is 41.2 Å². The van der Waals surface area contributed by atoms with E-state index >= 15 is 0 Å². The van der Waals surface area contributed by atoms with Gasteiger partial charge in [-0.25, -0.2) is 18.1 Å². The molecule has 5 nitrogen and oxygen atoms in total. The minimum Gasteiger partial charge on any atom is -0.265 e.